The van der Waals surface area contributed by atoms with Gasteiger partial charge in [0.25, 0.3) is 5.91 Å². The van der Waals surface area contributed by atoms with E-state index in [9.17, 15) is 9.59 Å². The van der Waals surface area contributed by atoms with Gasteiger partial charge in [-0.15, -0.1) is 0 Å². The summed E-state index contributed by atoms with van der Waals surface area (Å²) < 4.78 is 10.6. The Balaban J connectivity index is 1.41. The van der Waals surface area contributed by atoms with E-state index in [1.54, 1.807) is 39.3 Å². The van der Waals surface area contributed by atoms with Gasteiger partial charge in [0.2, 0.25) is 5.91 Å². The minimum absolute atomic E-state index is 0.193. The summed E-state index contributed by atoms with van der Waals surface area (Å²) in [4.78, 5) is 37.7. The summed E-state index contributed by atoms with van der Waals surface area (Å²) in [7, 11) is 3.10. The number of amides is 2. The first-order chi connectivity index (χ1) is 17.5. The largest absolute Gasteiger partial charge is 0.497 e. The number of methoxy groups -OCH3 is 2. The molecule has 3 aromatic rings. The van der Waals surface area contributed by atoms with Crippen molar-refractivity contribution < 1.29 is 19.1 Å². The molecule has 8 nitrogen and oxygen atoms in total. The van der Waals surface area contributed by atoms with Gasteiger partial charge in [-0.2, -0.15) is 0 Å². The van der Waals surface area contributed by atoms with Gasteiger partial charge >= 0.3 is 0 Å². The van der Waals surface area contributed by atoms with Crippen LogP contribution in [0, 0.1) is 0 Å². The summed E-state index contributed by atoms with van der Waals surface area (Å²) in [6.07, 6.45) is 0. The Kier molecular flexibility index (Phi) is 6.47. The van der Waals surface area contributed by atoms with Crippen molar-refractivity contribution in [3.05, 3.63) is 83.9 Å². The molecule has 182 valence electrons. The number of fused-ring (bicyclic) bond motifs is 3. The van der Waals surface area contributed by atoms with Gasteiger partial charge in [-0.05, 0) is 24.6 Å². The minimum atomic E-state index is -0.661. The number of ether oxygens (including phenoxy) is 2. The number of benzene rings is 3. The molecular formula is C27H24N4O4S. The van der Waals surface area contributed by atoms with E-state index in [4.69, 9.17) is 19.5 Å². The Bertz CT molecular complexity index is 1370. The predicted octanol–water partition coefficient (Wildman–Crippen LogP) is 4.80. The SMILES string of the molecule is COc1cc(NC(=O)C(C)SC2=Nc3ccccc3C3=NC(c4ccccc4)C(=O)N23)cc(OC)c1. The van der Waals surface area contributed by atoms with E-state index >= 15 is 0 Å². The first-order valence-electron chi connectivity index (χ1n) is 11.3. The van der Waals surface area contributed by atoms with Gasteiger partial charge in [0.05, 0.1) is 25.2 Å². The molecule has 0 radical (unpaired) electrons. The van der Waals surface area contributed by atoms with Crippen molar-refractivity contribution in [1.29, 1.82) is 0 Å². The number of thioether (sulfide) groups is 1. The van der Waals surface area contributed by atoms with E-state index < -0.39 is 11.3 Å². The predicted molar refractivity (Wildman–Crippen MR) is 141 cm³/mol. The highest BCUT2D eigenvalue weighted by Gasteiger charge is 2.42. The van der Waals surface area contributed by atoms with Crippen LogP contribution in [0.5, 0.6) is 11.5 Å². The zero-order valence-electron chi connectivity index (χ0n) is 20.0. The highest BCUT2D eigenvalue weighted by atomic mass is 32.2. The summed E-state index contributed by atoms with van der Waals surface area (Å²) in [6.45, 7) is 1.77. The molecule has 1 N–H and O–H groups in total. The standard InChI is InChI=1S/C27H24N4O4S/c1-16(25(32)28-18-13-19(34-2)15-20(14-18)35-3)36-27-29-22-12-8-7-11-21(22)24-30-23(26(33)31(24)27)17-9-5-4-6-10-17/h4-16,23H,1-3H3,(H,28,32). The lowest BCUT2D eigenvalue weighted by molar-refractivity contribution is -0.124. The van der Waals surface area contributed by atoms with Crippen LogP contribution in [-0.2, 0) is 9.59 Å². The number of carbonyl (C=O) groups excluding carboxylic acids is 2. The molecule has 2 aliphatic heterocycles. The van der Waals surface area contributed by atoms with Gasteiger partial charge in [0.1, 0.15) is 17.3 Å². The van der Waals surface area contributed by atoms with Crippen LogP contribution in [0.1, 0.15) is 24.1 Å². The molecule has 5 rings (SSSR count). The maximum atomic E-state index is 13.5. The zero-order valence-corrected chi connectivity index (χ0v) is 20.8. The second-order valence-corrected chi connectivity index (χ2v) is 9.51. The summed E-state index contributed by atoms with van der Waals surface area (Å²) >= 11 is 1.21. The van der Waals surface area contributed by atoms with Gasteiger partial charge in [-0.1, -0.05) is 54.2 Å². The lowest BCUT2D eigenvalue weighted by Gasteiger charge is -2.27. The van der Waals surface area contributed by atoms with E-state index in [2.05, 4.69) is 5.32 Å². The third kappa shape index (κ3) is 4.45. The molecule has 3 aromatic carbocycles. The van der Waals surface area contributed by atoms with Crippen LogP contribution in [0.2, 0.25) is 0 Å². The Morgan fingerprint density at radius 3 is 2.36 bits per heavy atom. The molecule has 0 bridgehead atoms. The number of aliphatic imine (C=N–C) groups is 2. The maximum Gasteiger partial charge on any atom is 0.263 e. The van der Waals surface area contributed by atoms with E-state index in [0.717, 1.165) is 11.1 Å². The monoisotopic (exact) mass is 500 g/mol. The maximum absolute atomic E-state index is 13.5. The Morgan fingerprint density at radius 1 is 1.00 bits per heavy atom. The summed E-state index contributed by atoms with van der Waals surface area (Å²) in [5.41, 5.74) is 2.85. The number of carbonyl (C=O) groups is 2. The van der Waals surface area contributed by atoms with Crippen LogP contribution in [0.25, 0.3) is 0 Å². The van der Waals surface area contributed by atoms with Crippen LogP contribution in [0.4, 0.5) is 11.4 Å². The molecule has 0 aliphatic carbocycles. The fraction of sp³-hybridized carbons (Fsp3) is 0.185. The zero-order chi connectivity index (χ0) is 25.2. The Morgan fingerprint density at radius 2 is 1.67 bits per heavy atom. The molecule has 2 atom stereocenters. The fourth-order valence-corrected chi connectivity index (χ4v) is 4.93. The van der Waals surface area contributed by atoms with Gasteiger partial charge in [0.15, 0.2) is 11.2 Å². The first-order valence-corrected chi connectivity index (χ1v) is 12.2. The average Bonchev–Trinajstić information content (AvgIpc) is 3.26. The average molecular weight is 501 g/mol. The van der Waals surface area contributed by atoms with Crippen LogP contribution >= 0.6 is 11.8 Å². The third-order valence-electron chi connectivity index (χ3n) is 5.86. The molecule has 0 saturated carbocycles. The first kappa shape index (κ1) is 23.6. The van der Waals surface area contributed by atoms with Crippen LogP contribution < -0.4 is 14.8 Å². The number of para-hydroxylation sites is 1. The lowest BCUT2D eigenvalue weighted by Crippen LogP contribution is -2.41. The number of nitrogens with zero attached hydrogens (tertiary/aromatic N) is 3. The van der Waals surface area contributed by atoms with E-state index in [0.29, 0.717) is 33.9 Å². The van der Waals surface area contributed by atoms with Gasteiger partial charge < -0.3 is 14.8 Å². The van der Waals surface area contributed by atoms with Gasteiger partial charge in [-0.3, -0.25) is 9.59 Å². The molecule has 36 heavy (non-hydrogen) atoms. The summed E-state index contributed by atoms with van der Waals surface area (Å²) in [5, 5.41) is 2.76. The number of hydrogen-bond donors (Lipinski definition) is 1. The second-order valence-electron chi connectivity index (χ2n) is 8.20. The Hall–Kier alpha value is -4.11. The van der Waals surface area contributed by atoms with Crippen molar-refractivity contribution in [2.75, 3.05) is 19.5 Å². The Labute approximate surface area is 213 Å². The molecule has 0 spiro atoms. The van der Waals surface area contributed by atoms with E-state index in [1.165, 1.54) is 16.7 Å². The lowest BCUT2D eigenvalue weighted by atomic mass is 10.1. The topological polar surface area (TPSA) is 92.6 Å². The quantitative estimate of drug-likeness (QED) is 0.525. The molecule has 0 aromatic heterocycles. The molecular weight excluding hydrogens is 476 g/mol. The molecule has 0 fully saturated rings. The van der Waals surface area contributed by atoms with Crippen LogP contribution in [0.15, 0.2) is 82.8 Å². The highest BCUT2D eigenvalue weighted by Crippen LogP contribution is 2.38. The molecule has 2 unspecified atom stereocenters. The van der Waals surface area contributed by atoms with Crippen molar-refractivity contribution in [1.82, 2.24) is 4.90 Å². The van der Waals surface area contributed by atoms with E-state index in [-0.39, 0.29) is 11.8 Å². The normalized spacial score (nSPS) is 16.9. The van der Waals surface area contributed by atoms with Crippen molar-refractivity contribution in [3.8, 4) is 11.5 Å². The van der Waals surface area contributed by atoms with Gasteiger partial charge in [-0.25, -0.2) is 14.9 Å². The van der Waals surface area contributed by atoms with Crippen molar-refractivity contribution in [2.45, 2.75) is 18.2 Å². The second kappa shape index (κ2) is 9.87. The molecule has 9 heteroatoms. The van der Waals surface area contributed by atoms with Crippen LogP contribution in [0.3, 0.4) is 0 Å². The molecule has 0 saturated heterocycles. The fourth-order valence-electron chi connectivity index (χ4n) is 4.02. The number of anilines is 1. The third-order valence-corrected chi connectivity index (χ3v) is 6.91. The molecule has 2 heterocycles. The summed E-state index contributed by atoms with van der Waals surface area (Å²) in [5.74, 6) is 1.23. The minimum Gasteiger partial charge on any atom is -0.497 e. The van der Waals surface area contributed by atoms with Crippen molar-refractivity contribution in [2.24, 2.45) is 9.98 Å². The summed E-state index contributed by atoms with van der Waals surface area (Å²) in [6, 6.07) is 21.5. The van der Waals surface area contributed by atoms with Crippen molar-refractivity contribution >= 4 is 46.0 Å². The molecule has 2 aliphatic rings. The van der Waals surface area contributed by atoms with Gasteiger partial charge in [0, 0.05) is 29.4 Å². The number of hydrogen-bond acceptors (Lipinski definition) is 7. The number of rotatable bonds is 6. The highest BCUT2D eigenvalue weighted by molar-refractivity contribution is 8.15. The molecule has 2 amide bonds. The number of amidine groups is 2. The van der Waals surface area contributed by atoms with E-state index in [1.807, 2.05) is 54.6 Å². The number of nitrogens with one attached hydrogen (secondary N) is 1. The smallest absolute Gasteiger partial charge is 0.263 e. The van der Waals surface area contributed by atoms with Crippen molar-refractivity contribution in [3.63, 3.8) is 0 Å². The van der Waals surface area contributed by atoms with Crippen LogP contribution in [-0.4, -0.2) is 47.2 Å².